The van der Waals surface area contributed by atoms with Crippen molar-refractivity contribution in [1.82, 2.24) is 24.1 Å². The molecule has 0 unspecified atom stereocenters. The van der Waals surface area contributed by atoms with E-state index in [1.165, 1.54) is 0 Å². The summed E-state index contributed by atoms with van der Waals surface area (Å²) in [6.45, 7) is 15.6. The zero-order chi connectivity index (χ0) is 77.6. The molecule has 0 radical (unpaired) electrons. The second-order valence-corrected chi connectivity index (χ2v) is 27.2. The Morgan fingerprint density at radius 2 is 0.579 bits per heavy atom. The Labute approximate surface area is 654 Å². The fourth-order valence-corrected chi connectivity index (χ4v) is 14.2. The Kier molecular flexibility index (Phi) is 19.5. The number of carbonyl (C=O) groups excluding carboxylic acids is 4. The smallest absolute Gasteiger partial charge is 0.338 e. The average molecular weight is 1480 g/mol. The van der Waals surface area contributed by atoms with Crippen molar-refractivity contribution in [3.05, 3.63) is 400 Å². The van der Waals surface area contributed by atoms with E-state index in [4.69, 9.17) is 47.0 Å². The van der Waals surface area contributed by atoms with E-state index in [1.54, 1.807) is 84.9 Å². The van der Waals surface area contributed by atoms with Crippen LogP contribution in [-0.2, 0) is 45.4 Å². The summed E-state index contributed by atoms with van der Waals surface area (Å²) in [6, 6.07) is 103. The lowest BCUT2D eigenvalue weighted by molar-refractivity contribution is 0.0464. The molecular formula is C98H62N8O8. The normalized spacial score (nSPS) is 11.1. The van der Waals surface area contributed by atoms with E-state index in [0.29, 0.717) is 88.6 Å². The van der Waals surface area contributed by atoms with Crippen molar-refractivity contribution in [3.63, 3.8) is 0 Å². The van der Waals surface area contributed by atoms with E-state index < -0.39 is 23.9 Å². The summed E-state index contributed by atoms with van der Waals surface area (Å²) in [4.78, 5) is 81.2. The highest BCUT2D eigenvalue weighted by Crippen LogP contribution is 2.43. The maximum atomic E-state index is 14.3. The molecule has 3 heterocycles. The molecule has 0 N–H and O–H groups in total. The maximum absolute atomic E-state index is 14.3. The molecule has 0 saturated heterocycles. The van der Waals surface area contributed by atoms with Crippen LogP contribution in [0, 0.1) is 24.5 Å². The van der Waals surface area contributed by atoms with Crippen molar-refractivity contribution < 1.29 is 38.1 Å². The molecule has 0 spiro atoms. The number of benzene rings is 14. The molecular weight excluding hydrogens is 1420 g/mol. The standard InChI is InChI=1S/C98H62N8O8/c1-100-78-41-31-68(32-42-78)67-27-29-71(30-28-67)92-102-93(80-45-35-72(69-25-23-62(57-99)24-26-69)55-90(80)105-86-47-37-74(95(107)111-58-63-15-7-3-8-16-63)51-82(86)83-52-75(38-48-87(83)105)96(108)112-59-64-17-9-4-10-18-64)104-94(103-92)81-46-36-73(70-33-43-79(101-2)44-34-70)56-91(81)106-88-49-39-76(97(109)113-60-65-19-11-5-12-20-65)53-84(88)85-54-77(40-50-89(85)106)98(110)114-61-66-21-13-6-14-22-66/h3-56H,58-61H2. The summed E-state index contributed by atoms with van der Waals surface area (Å²) < 4.78 is 28.0. The SMILES string of the molecule is [C-]#[N+]c1ccc(-c2ccc(-c3nc(-c4ccc(-c5ccc(C#N)cc5)cc4-n4c5ccc(C(=O)OCc6ccccc6)cc5c5cc(C(=O)OCc6ccccc6)ccc54)nc(-c4ccc(-c5ccc([N+]#[C-])cc5)cc4-n4c5ccc(C(=O)OCc6ccccc6)cc5c5cc(C(=O)OCc6ccccc6)ccc54)n3)cc2)cc1. The molecule has 14 aromatic carbocycles. The third kappa shape index (κ3) is 14.6. The first-order valence-corrected chi connectivity index (χ1v) is 36.6. The fourth-order valence-electron chi connectivity index (χ4n) is 14.2. The summed E-state index contributed by atoms with van der Waals surface area (Å²) in [6.07, 6.45) is 0. The molecule has 16 heteroatoms. The molecule has 17 aromatic rings. The highest BCUT2D eigenvalue weighted by Gasteiger charge is 2.27. The number of hydrogen-bond donors (Lipinski definition) is 0. The van der Waals surface area contributed by atoms with Crippen LogP contribution >= 0.6 is 0 Å². The second-order valence-electron chi connectivity index (χ2n) is 27.2. The van der Waals surface area contributed by atoms with Crippen molar-refractivity contribution in [1.29, 1.82) is 5.26 Å². The number of aromatic nitrogens is 5. The number of nitriles is 1. The molecule has 3 aromatic heterocycles. The number of esters is 4. The van der Waals surface area contributed by atoms with Gasteiger partial charge in [-0.25, -0.2) is 43.8 Å². The zero-order valence-electron chi connectivity index (χ0n) is 60.8. The zero-order valence-corrected chi connectivity index (χ0v) is 60.8. The van der Waals surface area contributed by atoms with Gasteiger partial charge in [-0.05, 0) is 165 Å². The Balaban J connectivity index is 0.897. The number of fused-ring (bicyclic) bond motifs is 6. The first-order chi connectivity index (χ1) is 56.0. The number of rotatable bonds is 20. The third-order valence-corrected chi connectivity index (χ3v) is 20.1. The molecule has 0 atom stereocenters. The third-order valence-electron chi connectivity index (χ3n) is 20.1. The number of ether oxygens (including phenoxy) is 4. The quantitative estimate of drug-likeness (QED) is 0.0400. The molecule has 114 heavy (non-hydrogen) atoms. The van der Waals surface area contributed by atoms with Crippen LogP contribution in [0.5, 0.6) is 0 Å². The summed E-state index contributed by atoms with van der Waals surface area (Å²) >= 11 is 0. The van der Waals surface area contributed by atoms with Crippen LogP contribution in [0.1, 0.15) is 69.2 Å². The predicted molar refractivity (Wildman–Crippen MR) is 441 cm³/mol. The minimum Gasteiger partial charge on any atom is -0.457 e. The van der Waals surface area contributed by atoms with Crippen LogP contribution in [0.25, 0.3) is 132 Å². The monoisotopic (exact) mass is 1480 g/mol. The Hall–Kier alpha value is -16.0. The van der Waals surface area contributed by atoms with Crippen molar-refractivity contribution in [2.45, 2.75) is 26.4 Å². The molecule has 0 aliphatic carbocycles. The van der Waals surface area contributed by atoms with Gasteiger partial charge in [-0.2, -0.15) is 5.26 Å². The molecule has 17 rings (SSSR count). The van der Waals surface area contributed by atoms with Crippen molar-refractivity contribution in [3.8, 4) is 85.0 Å². The topological polar surface area (TPSA) is 186 Å². The van der Waals surface area contributed by atoms with Gasteiger partial charge in [0.15, 0.2) is 28.8 Å². The van der Waals surface area contributed by atoms with E-state index in [9.17, 15) is 24.4 Å². The number of nitrogens with zero attached hydrogens (tertiary/aromatic N) is 8. The van der Waals surface area contributed by atoms with Gasteiger partial charge in [0.25, 0.3) is 0 Å². The summed E-state index contributed by atoms with van der Waals surface area (Å²) in [5.41, 5.74) is 16.1. The first-order valence-electron chi connectivity index (χ1n) is 36.6. The Morgan fingerprint density at radius 1 is 0.307 bits per heavy atom. The molecule has 0 amide bonds. The number of carbonyl (C=O) groups is 4. The minimum atomic E-state index is -0.556. The van der Waals surface area contributed by atoms with E-state index in [1.807, 2.05) is 243 Å². The average Bonchev–Trinajstić information content (AvgIpc) is 1.56. The molecule has 0 saturated carbocycles. The second kappa shape index (κ2) is 31.3. The molecule has 0 aliphatic heterocycles. The summed E-state index contributed by atoms with van der Waals surface area (Å²) in [7, 11) is 0. The fraction of sp³-hybridized carbons (Fsp3) is 0.0408. The van der Waals surface area contributed by atoms with Gasteiger partial charge >= 0.3 is 23.9 Å². The van der Waals surface area contributed by atoms with E-state index >= 15 is 0 Å². The maximum Gasteiger partial charge on any atom is 0.338 e. The summed E-state index contributed by atoms with van der Waals surface area (Å²) in [5.74, 6) is -1.47. The lowest BCUT2D eigenvalue weighted by Gasteiger charge is -2.18. The number of hydrogen-bond acceptors (Lipinski definition) is 12. The molecule has 0 fully saturated rings. The van der Waals surface area contributed by atoms with Crippen molar-refractivity contribution >= 4 is 78.9 Å². The Bertz CT molecular complexity index is 6170. The predicted octanol–water partition coefficient (Wildman–Crippen LogP) is 22.5. The van der Waals surface area contributed by atoms with Crippen LogP contribution in [0.15, 0.2) is 328 Å². The first kappa shape index (κ1) is 71.0. The highest BCUT2D eigenvalue weighted by molar-refractivity contribution is 6.15. The van der Waals surface area contributed by atoms with Gasteiger partial charge in [0.1, 0.15) is 26.4 Å². The van der Waals surface area contributed by atoms with Gasteiger partial charge in [0, 0.05) is 38.2 Å². The molecule has 0 aliphatic rings. The minimum absolute atomic E-state index is 0.0339. The van der Waals surface area contributed by atoms with Gasteiger partial charge in [0.05, 0.1) is 80.5 Å². The van der Waals surface area contributed by atoms with E-state index in [0.717, 1.165) is 55.6 Å². The van der Waals surface area contributed by atoms with Gasteiger partial charge in [0.2, 0.25) is 0 Å². The van der Waals surface area contributed by atoms with Crippen LogP contribution in [0.4, 0.5) is 11.4 Å². The largest absolute Gasteiger partial charge is 0.457 e. The van der Waals surface area contributed by atoms with Gasteiger partial charge in [-0.1, -0.05) is 218 Å². The highest BCUT2D eigenvalue weighted by atomic mass is 16.5. The van der Waals surface area contributed by atoms with Gasteiger partial charge in [-0.15, -0.1) is 0 Å². The van der Waals surface area contributed by atoms with Crippen LogP contribution in [-0.4, -0.2) is 48.0 Å². The van der Waals surface area contributed by atoms with Crippen LogP contribution in [0.3, 0.4) is 0 Å². The van der Waals surface area contributed by atoms with E-state index in [-0.39, 0.29) is 66.2 Å². The van der Waals surface area contributed by atoms with Gasteiger partial charge < -0.3 is 28.1 Å². The van der Waals surface area contributed by atoms with Crippen LogP contribution < -0.4 is 0 Å². The van der Waals surface area contributed by atoms with Crippen molar-refractivity contribution in [2.75, 3.05) is 0 Å². The van der Waals surface area contributed by atoms with E-state index in [2.05, 4.69) is 24.9 Å². The molecule has 16 nitrogen and oxygen atoms in total. The lowest BCUT2D eigenvalue weighted by atomic mass is 9.99. The Morgan fingerprint density at radius 3 is 0.886 bits per heavy atom. The lowest BCUT2D eigenvalue weighted by Crippen LogP contribution is -2.07. The molecule has 542 valence electrons. The van der Waals surface area contributed by atoms with Crippen molar-refractivity contribution in [2.24, 2.45) is 0 Å². The summed E-state index contributed by atoms with van der Waals surface area (Å²) in [5, 5.41) is 12.5. The molecule has 0 bridgehead atoms. The van der Waals surface area contributed by atoms with Gasteiger partial charge in [-0.3, -0.25) is 0 Å². The van der Waals surface area contributed by atoms with Crippen LogP contribution in [0.2, 0.25) is 0 Å².